The van der Waals surface area contributed by atoms with E-state index in [0.717, 1.165) is 27.2 Å². The van der Waals surface area contributed by atoms with E-state index in [2.05, 4.69) is 17.1 Å². The van der Waals surface area contributed by atoms with Crippen LogP contribution in [0.5, 0.6) is 5.75 Å². The van der Waals surface area contributed by atoms with Crippen LogP contribution in [0.15, 0.2) is 120 Å². The van der Waals surface area contributed by atoms with E-state index in [1.54, 1.807) is 7.11 Å². The summed E-state index contributed by atoms with van der Waals surface area (Å²) < 4.78 is 21.6. The molecule has 4 rings (SSSR count). The summed E-state index contributed by atoms with van der Waals surface area (Å²) in [6.45, 7) is 0. The molecule has 2 nitrogen and oxygen atoms in total. The third-order valence-electron chi connectivity index (χ3n) is 5.01. The molecule has 0 aliphatic carbocycles. The minimum absolute atomic E-state index is 0.0374. The molecule has 0 saturated carbocycles. The van der Waals surface area contributed by atoms with Gasteiger partial charge in [-0.2, -0.15) is 0 Å². The molecule has 0 N–H and O–H groups in total. The van der Waals surface area contributed by atoms with Crippen LogP contribution in [-0.4, -0.2) is 22.1 Å². The normalized spacial score (nSPS) is 11.8. The third-order valence-corrected chi connectivity index (χ3v) is 10.4. The fraction of sp³-hybridized carbons (Fsp3) is 0.0370. The summed E-state index contributed by atoms with van der Waals surface area (Å²) in [6.07, 6.45) is 0. The zero-order valence-corrected chi connectivity index (χ0v) is 19.8. The number of rotatable bonds is 7. The topological polar surface area (TPSA) is 26.3 Å². The molecule has 0 amide bonds. The Bertz CT molecular complexity index is 1140. The monoisotopic (exact) mass is 490 g/mol. The zero-order chi connectivity index (χ0) is 21.5. The fourth-order valence-electron chi connectivity index (χ4n) is 3.41. The molecule has 0 radical (unpaired) electrons. The molecule has 0 fully saturated rings. The van der Waals surface area contributed by atoms with Gasteiger partial charge in [0.15, 0.2) is 0 Å². The van der Waals surface area contributed by atoms with Crippen molar-refractivity contribution < 1.29 is 9.30 Å². The van der Waals surface area contributed by atoms with Gasteiger partial charge in [-0.15, -0.1) is 0 Å². The Kier molecular flexibility index (Phi) is 6.89. The molecule has 0 unspecified atom stereocenters. The molecule has 0 spiro atoms. The molecule has 0 saturated heterocycles. The average Bonchev–Trinajstić information content (AvgIpc) is 2.86. The number of benzene rings is 4. The molecule has 4 aromatic carbocycles. The van der Waals surface area contributed by atoms with Gasteiger partial charge in [-0.25, -0.2) is 0 Å². The first-order valence-corrected chi connectivity index (χ1v) is 13.6. The molecule has 0 bridgehead atoms. The summed E-state index contributed by atoms with van der Waals surface area (Å²) in [7, 11) is -1.42. The fourth-order valence-corrected chi connectivity index (χ4v) is 8.78. The molecule has 4 heteroatoms. The second-order valence-electron chi connectivity index (χ2n) is 6.94. The van der Waals surface area contributed by atoms with Crippen molar-refractivity contribution in [3.8, 4) is 5.75 Å². The van der Waals surface area contributed by atoms with Crippen LogP contribution in [0.2, 0.25) is 0 Å². The van der Waals surface area contributed by atoms with E-state index in [4.69, 9.17) is 4.74 Å². The summed E-state index contributed by atoms with van der Waals surface area (Å²) >= 11 is 0.0374. The Morgan fingerprint density at radius 3 is 1.68 bits per heavy atom. The van der Waals surface area contributed by atoms with Crippen molar-refractivity contribution in [3.05, 3.63) is 126 Å². The van der Waals surface area contributed by atoms with Gasteiger partial charge in [0.2, 0.25) is 0 Å². The third kappa shape index (κ3) is 4.75. The van der Waals surface area contributed by atoms with Gasteiger partial charge in [-0.1, -0.05) is 0 Å². The quantitative estimate of drug-likeness (QED) is 0.269. The Balaban J connectivity index is 1.92. The van der Waals surface area contributed by atoms with Crippen LogP contribution in [0.4, 0.5) is 0 Å². The first-order valence-electron chi connectivity index (χ1n) is 10.00. The van der Waals surface area contributed by atoms with Crippen LogP contribution in [0.25, 0.3) is 5.31 Å². The van der Waals surface area contributed by atoms with Crippen LogP contribution in [0.1, 0.15) is 5.56 Å². The van der Waals surface area contributed by atoms with Gasteiger partial charge >= 0.3 is 190 Å². The first kappa shape index (κ1) is 21.4. The first-order chi connectivity index (χ1) is 15.2. The van der Waals surface area contributed by atoms with E-state index in [9.17, 15) is 0 Å². The van der Waals surface area contributed by atoms with Gasteiger partial charge in [-0.3, -0.25) is 0 Å². The Morgan fingerprint density at radius 1 is 0.710 bits per heavy atom. The predicted molar refractivity (Wildman–Crippen MR) is 133 cm³/mol. The minimum atomic E-state index is -3.08. The summed E-state index contributed by atoms with van der Waals surface area (Å²) in [5.41, 5.74) is 0.953. The molecule has 154 valence electrons. The number of hydrogen-bond donors (Lipinski definition) is 0. The molecule has 0 aliphatic heterocycles. The summed E-state index contributed by atoms with van der Waals surface area (Å²) in [4.78, 5) is 2.19. The van der Waals surface area contributed by atoms with Gasteiger partial charge in [0.25, 0.3) is 0 Å². The van der Waals surface area contributed by atoms with Crippen molar-refractivity contribution in [1.82, 2.24) is 0 Å². The molecule has 0 heterocycles. The summed E-state index contributed by atoms with van der Waals surface area (Å²) in [5.74, 6) is 0.783. The molecule has 0 aliphatic rings. The van der Waals surface area contributed by atoms with Crippen molar-refractivity contribution in [2.24, 2.45) is 0 Å². The van der Waals surface area contributed by atoms with E-state index in [1.165, 1.54) is 4.46 Å². The average molecular weight is 489 g/mol. The molecule has 0 atom stereocenters. The second-order valence-corrected chi connectivity index (χ2v) is 11.7. The molecular formula is C27H23O2PSe. The van der Waals surface area contributed by atoms with Gasteiger partial charge in [0.05, 0.1) is 0 Å². The molecular weight excluding hydrogens is 466 g/mol. The van der Waals surface area contributed by atoms with Crippen molar-refractivity contribution >= 4 is 42.5 Å². The van der Waals surface area contributed by atoms with Crippen LogP contribution < -0.4 is 19.8 Å². The Morgan fingerprint density at radius 2 is 1.19 bits per heavy atom. The van der Waals surface area contributed by atoms with Crippen molar-refractivity contribution in [3.63, 3.8) is 0 Å². The van der Waals surface area contributed by atoms with E-state index in [1.807, 2.05) is 103 Å². The molecule has 4 aromatic rings. The second kappa shape index (κ2) is 9.98. The standard InChI is InChI=1S/C27H23O2PSe/c1-29-23-19-17-22(18-20-23)27(21-31-26-15-9-4-10-16-26)30(28,24-11-5-2-6-12-24)25-13-7-3-8-14-25/h2-21H,1H3/b27-21+. The molecule has 0 aromatic heterocycles. The molecule has 31 heavy (non-hydrogen) atoms. The van der Waals surface area contributed by atoms with Crippen molar-refractivity contribution in [2.75, 3.05) is 7.11 Å². The van der Waals surface area contributed by atoms with Crippen LogP contribution in [0.3, 0.4) is 0 Å². The van der Waals surface area contributed by atoms with Crippen LogP contribution >= 0.6 is 7.14 Å². The Hall–Kier alpha value is -2.83. The van der Waals surface area contributed by atoms with Crippen molar-refractivity contribution in [2.45, 2.75) is 0 Å². The maximum absolute atomic E-state index is 15.0. The predicted octanol–water partition coefficient (Wildman–Crippen LogP) is 5.04. The van der Waals surface area contributed by atoms with Gasteiger partial charge in [0, 0.05) is 0 Å². The number of methoxy groups -OCH3 is 1. The summed E-state index contributed by atoms with van der Waals surface area (Å²) in [6, 6.07) is 37.9. The zero-order valence-electron chi connectivity index (χ0n) is 17.2. The van der Waals surface area contributed by atoms with E-state index < -0.39 is 7.14 Å². The van der Waals surface area contributed by atoms with Crippen LogP contribution in [-0.2, 0) is 4.57 Å². The van der Waals surface area contributed by atoms with E-state index in [-0.39, 0.29) is 15.0 Å². The van der Waals surface area contributed by atoms with E-state index in [0.29, 0.717) is 0 Å². The van der Waals surface area contributed by atoms with Crippen molar-refractivity contribution in [1.29, 1.82) is 0 Å². The van der Waals surface area contributed by atoms with Gasteiger partial charge < -0.3 is 0 Å². The van der Waals surface area contributed by atoms with Crippen LogP contribution in [0, 0.1) is 0 Å². The number of ether oxygens (including phenoxy) is 1. The SMILES string of the molecule is COc1ccc(/C(=C\[Se]c2ccccc2)P(=O)(c2ccccc2)c2ccccc2)cc1. The van der Waals surface area contributed by atoms with E-state index >= 15 is 4.57 Å². The summed E-state index contributed by atoms with van der Waals surface area (Å²) in [5, 5.41) is 2.55. The number of hydrogen-bond acceptors (Lipinski definition) is 2. The maximum atomic E-state index is 15.0. The van der Waals surface area contributed by atoms with Gasteiger partial charge in [-0.05, 0) is 0 Å². The van der Waals surface area contributed by atoms with Gasteiger partial charge in [0.1, 0.15) is 0 Å². The Labute approximate surface area is 190 Å².